The number of benzene rings is 1. The molecule has 4 nitrogen and oxygen atoms in total. The number of ether oxygens (including phenoxy) is 2. The first-order chi connectivity index (χ1) is 9.15. The van der Waals surface area contributed by atoms with Crippen LogP contribution in [0, 0.1) is 0 Å². The number of carbonyl (C=O) groups excluding carboxylic acids is 1. The van der Waals surface area contributed by atoms with Crippen molar-refractivity contribution in [3.8, 4) is 17.0 Å². The number of methoxy groups -OCH3 is 2. The number of rotatable bonds is 3. The highest BCUT2D eigenvalue weighted by molar-refractivity contribution is 6.30. The first-order valence-electron chi connectivity index (χ1n) is 5.54. The summed E-state index contributed by atoms with van der Waals surface area (Å²) in [6.07, 6.45) is 1.42. The molecule has 0 saturated heterocycles. The highest BCUT2D eigenvalue weighted by atomic mass is 35.5. The molecule has 0 amide bonds. The van der Waals surface area contributed by atoms with Crippen molar-refractivity contribution in [2.75, 3.05) is 14.2 Å². The Bertz CT molecular complexity index is 596. The number of esters is 1. The number of carbonyl (C=O) groups is 1. The third-order valence-electron chi connectivity index (χ3n) is 2.62. The minimum atomic E-state index is -0.439. The summed E-state index contributed by atoms with van der Waals surface area (Å²) in [7, 11) is 2.86. The van der Waals surface area contributed by atoms with Crippen LogP contribution in [0.25, 0.3) is 11.1 Å². The highest BCUT2D eigenvalue weighted by Gasteiger charge is 2.13. The molecule has 0 aliphatic rings. The Morgan fingerprint density at radius 2 is 1.89 bits per heavy atom. The van der Waals surface area contributed by atoms with E-state index in [0.29, 0.717) is 22.0 Å². The number of hydrogen-bond donors (Lipinski definition) is 0. The molecule has 98 valence electrons. The maximum Gasteiger partial charge on any atom is 0.339 e. The van der Waals surface area contributed by atoms with Crippen molar-refractivity contribution < 1.29 is 14.3 Å². The molecule has 0 bridgehead atoms. The standard InChI is InChI=1S/C14H12ClNO3/c1-18-13-12(9-3-5-11(15)6-4-9)7-10(8-16-13)14(17)19-2/h3-8H,1-2H3. The van der Waals surface area contributed by atoms with E-state index in [1.54, 1.807) is 18.2 Å². The first-order valence-corrected chi connectivity index (χ1v) is 5.92. The van der Waals surface area contributed by atoms with E-state index in [1.165, 1.54) is 20.4 Å². The minimum Gasteiger partial charge on any atom is -0.481 e. The molecule has 19 heavy (non-hydrogen) atoms. The van der Waals surface area contributed by atoms with Gasteiger partial charge in [-0.15, -0.1) is 0 Å². The van der Waals surface area contributed by atoms with E-state index in [-0.39, 0.29) is 0 Å². The molecule has 0 aliphatic carbocycles. The van der Waals surface area contributed by atoms with Gasteiger partial charge in [0.15, 0.2) is 0 Å². The molecule has 2 rings (SSSR count). The zero-order valence-corrected chi connectivity index (χ0v) is 11.3. The summed E-state index contributed by atoms with van der Waals surface area (Å²) in [6.45, 7) is 0. The fourth-order valence-corrected chi connectivity index (χ4v) is 1.81. The summed E-state index contributed by atoms with van der Waals surface area (Å²) in [4.78, 5) is 15.6. The molecule has 5 heteroatoms. The molecule has 0 spiro atoms. The third-order valence-corrected chi connectivity index (χ3v) is 2.87. The Morgan fingerprint density at radius 3 is 2.47 bits per heavy atom. The van der Waals surface area contributed by atoms with Crippen molar-refractivity contribution in [3.05, 3.63) is 47.1 Å². The maximum absolute atomic E-state index is 11.5. The van der Waals surface area contributed by atoms with E-state index in [1.807, 2.05) is 12.1 Å². The fraction of sp³-hybridized carbons (Fsp3) is 0.143. The fourth-order valence-electron chi connectivity index (χ4n) is 1.68. The molecule has 1 aromatic heterocycles. The summed E-state index contributed by atoms with van der Waals surface area (Å²) >= 11 is 5.86. The van der Waals surface area contributed by atoms with E-state index in [0.717, 1.165) is 5.56 Å². The molecular weight excluding hydrogens is 266 g/mol. The Labute approximate surface area is 115 Å². The monoisotopic (exact) mass is 277 g/mol. The van der Waals surface area contributed by atoms with Gasteiger partial charge in [-0.05, 0) is 23.8 Å². The molecule has 2 aromatic rings. The lowest BCUT2D eigenvalue weighted by molar-refractivity contribution is 0.0600. The van der Waals surface area contributed by atoms with Crippen molar-refractivity contribution in [2.45, 2.75) is 0 Å². The third kappa shape index (κ3) is 2.85. The van der Waals surface area contributed by atoms with Crippen molar-refractivity contribution >= 4 is 17.6 Å². The van der Waals surface area contributed by atoms with Crippen LogP contribution in [0.3, 0.4) is 0 Å². The summed E-state index contributed by atoms with van der Waals surface area (Å²) in [5, 5.41) is 0.639. The van der Waals surface area contributed by atoms with E-state index in [2.05, 4.69) is 9.72 Å². The predicted molar refractivity (Wildman–Crippen MR) is 72.6 cm³/mol. The maximum atomic E-state index is 11.5. The molecule has 0 saturated carbocycles. The van der Waals surface area contributed by atoms with Crippen LogP contribution in [0.2, 0.25) is 5.02 Å². The van der Waals surface area contributed by atoms with Crippen LogP contribution in [0.5, 0.6) is 5.88 Å². The molecule has 0 radical (unpaired) electrons. The predicted octanol–water partition coefficient (Wildman–Crippen LogP) is 3.20. The summed E-state index contributed by atoms with van der Waals surface area (Å²) in [5.74, 6) is 0.000317. The van der Waals surface area contributed by atoms with Gasteiger partial charge in [-0.1, -0.05) is 23.7 Å². The molecule has 0 fully saturated rings. The lowest BCUT2D eigenvalue weighted by Gasteiger charge is -2.09. The molecule has 1 aromatic carbocycles. The average Bonchev–Trinajstić information content (AvgIpc) is 2.46. The molecule has 0 aliphatic heterocycles. The average molecular weight is 278 g/mol. The number of halogens is 1. The second-order valence-electron chi connectivity index (χ2n) is 3.78. The highest BCUT2D eigenvalue weighted by Crippen LogP contribution is 2.29. The van der Waals surface area contributed by atoms with Crippen LogP contribution in [0.15, 0.2) is 36.5 Å². The Kier molecular flexibility index (Phi) is 4.02. The zero-order valence-electron chi connectivity index (χ0n) is 10.5. The van der Waals surface area contributed by atoms with Gasteiger partial charge in [-0.3, -0.25) is 0 Å². The lowest BCUT2D eigenvalue weighted by Crippen LogP contribution is -2.03. The normalized spacial score (nSPS) is 10.1. The van der Waals surface area contributed by atoms with Gasteiger partial charge in [0.25, 0.3) is 0 Å². The first kappa shape index (κ1) is 13.4. The Hall–Kier alpha value is -2.07. The number of nitrogens with zero attached hydrogens (tertiary/aromatic N) is 1. The molecule has 0 N–H and O–H groups in total. The van der Waals surface area contributed by atoms with Gasteiger partial charge < -0.3 is 9.47 Å². The lowest BCUT2D eigenvalue weighted by atomic mass is 10.1. The molecule has 1 heterocycles. The number of aromatic nitrogens is 1. The van der Waals surface area contributed by atoms with Crippen LogP contribution in [0.1, 0.15) is 10.4 Å². The Morgan fingerprint density at radius 1 is 1.21 bits per heavy atom. The van der Waals surface area contributed by atoms with Crippen LogP contribution in [-0.4, -0.2) is 25.2 Å². The van der Waals surface area contributed by atoms with Gasteiger partial charge in [0.05, 0.1) is 19.8 Å². The second-order valence-corrected chi connectivity index (χ2v) is 4.22. The molecule has 0 atom stereocenters. The van der Waals surface area contributed by atoms with Gasteiger partial charge in [-0.25, -0.2) is 9.78 Å². The largest absolute Gasteiger partial charge is 0.481 e. The van der Waals surface area contributed by atoms with Crippen molar-refractivity contribution in [1.29, 1.82) is 0 Å². The number of hydrogen-bond acceptors (Lipinski definition) is 4. The van der Waals surface area contributed by atoms with E-state index in [4.69, 9.17) is 16.3 Å². The smallest absolute Gasteiger partial charge is 0.339 e. The summed E-state index contributed by atoms with van der Waals surface area (Å²) in [6, 6.07) is 8.88. The Balaban J connectivity index is 2.52. The van der Waals surface area contributed by atoms with Gasteiger partial charge in [0, 0.05) is 16.8 Å². The van der Waals surface area contributed by atoms with E-state index >= 15 is 0 Å². The van der Waals surface area contributed by atoms with Crippen LogP contribution in [0.4, 0.5) is 0 Å². The van der Waals surface area contributed by atoms with Crippen molar-refractivity contribution in [3.63, 3.8) is 0 Å². The van der Waals surface area contributed by atoms with Gasteiger partial charge in [-0.2, -0.15) is 0 Å². The summed E-state index contributed by atoms with van der Waals surface area (Å²) in [5.41, 5.74) is 1.94. The van der Waals surface area contributed by atoms with Gasteiger partial charge >= 0.3 is 5.97 Å². The number of pyridine rings is 1. The molecule has 0 unspecified atom stereocenters. The molecular formula is C14H12ClNO3. The van der Waals surface area contributed by atoms with E-state index in [9.17, 15) is 4.79 Å². The summed E-state index contributed by atoms with van der Waals surface area (Å²) < 4.78 is 9.88. The topological polar surface area (TPSA) is 48.4 Å². The van der Waals surface area contributed by atoms with Crippen LogP contribution >= 0.6 is 11.6 Å². The van der Waals surface area contributed by atoms with Crippen LogP contribution < -0.4 is 4.74 Å². The van der Waals surface area contributed by atoms with E-state index < -0.39 is 5.97 Å². The minimum absolute atomic E-state index is 0.369. The second kappa shape index (κ2) is 5.71. The quantitative estimate of drug-likeness (QED) is 0.809. The SMILES string of the molecule is COC(=O)c1cnc(OC)c(-c2ccc(Cl)cc2)c1. The van der Waals surface area contributed by atoms with Gasteiger partial charge in [0.2, 0.25) is 5.88 Å². The van der Waals surface area contributed by atoms with Crippen LogP contribution in [-0.2, 0) is 4.74 Å². The zero-order chi connectivity index (χ0) is 13.8. The van der Waals surface area contributed by atoms with Crippen molar-refractivity contribution in [2.24, 2.45) is 0 Å². The van der Waals surface area contributed by atoms with Crippen molar-refractivity contribution in [1.82, 2.24) is 4.98 Å². The van der Waals surface area contributed by atoms with Gasteiger partial charge in [0.1, 0.15) is 0 Å².